The van der Waals surface area contributed by atoms with Crippen LogP contribution >= 0.6 is 0 Å². The molecule has 7 heteroatoms. The highest BCUT2D eigenvalue weighted by molar-refractivity contribution is 7.89. The first-order chi connectivity index (χ1) is 12.0. The minimum atomic E-state index is -3.51. The van der Waals surface area contributed by atoms with E-state index in [2.05, 4.69) is 4.72 Å². The molecule has 0 bridgehead atoms. The maximum Gasteiger partial charge on any atom is 0.274 e. The van der Waals surface area contributed by atoms with E-state index in [1.165, 1.54) is 0 Å². The van der Waals surface area contributed by atoms with E-state index in [0.717, 1.165) is 23.1 Å². The predicted octanol–water partition coefficient (Wildman–Crippen LogP) is 1.93. The van der Waals surface area contributed by atoms with Crippen molar-refractivity contribution < 1.29 is 18.4 Å². The van der Waals surface area contributed by atoms with Crippen LogP contribution in [-0.4, -0.2) is 25.3 Å². The molecule has 0 aliphatic heterocycles. The van der Waals surface area contributed by atoms with E-state index in [9.17, 15) is 13.2 Å². The third-order valence-corrected chi connectivity index (χ3v) is 5.89. The van der Waals surface area contributed by atoms with Gasteiger partial charge in [-0.05, 0) is 48.1 Å². The molecule has 132 valence electrons. The molecule has 0 heterocycles. The first kappa shape index (κ1) is 17.6. The Kier molecular flexibility index (Phi) is 4.89. The smallest absolute Gasteiger partial charge is 0.274 e. The Bertz CT molecular complexity index is 909. The summed E-state index contributed by atoms with van der Waals surface area (Å²) in [5, 5.41) is 9.08. The Labute approximate surface area is 146 Å². The Hall–Kier alpha value is -2.22. The summed E-state index contributed by atoms with van der Waals surface area (Å²) in [6, 6.07) is 12.2. The summed E-state index contributed by atoms with van der Waals surface area (Å²) in [6.45, 7) is 1.57. The third-order valence-electron chi connectivity index (χ3n) is 4.54. The number of amides is 1. The number of aryl methyl sites for hydroxylation is 2. The van der Waals surface area contributed by atoms with Gasteiger partial charge in [-0.3, -0.25) is 10.0 Å². The molecule has 0 fully saturated rings. The van der Waals surface area contributed by atoms with Gasteiger partial charge in [-0.2, -0.15) is 0 Å². The first-order valence-corrected chi connectivity index (χ1v) is 9.76. The fraction of sp³-hybridized carbons (Fsp3) is 0.278. The van der Waals surface area contributed by atoms with Gasteiger partial charge in [-0.15, -0.1) is 0 Å². The molecule has 3 rings (SSSR count). The predicted molar refractivity (Wildman–Crippen MR) is 94.0 cm³/mol. The number of hydrogen-bond acceptors (Lipinski definition) is 4. The number of nitrogens with one attached hydrogen (secondary N) is 2. The van der Waals surface area contributed by atoms with Crippen molar-refractivity contribution in [1.29, 1.82) is 0 Å². The van der Waals surface area contributed by atoms with Gasteiger partial charge >= 0.3 is 0 Å². The van der Waals surface area contributed by atoms with Crippen molar-refractivity contribution in [1.82, 2.24) is 10.2 Å². The van der Waals surface area contributed by atoms with Crippen LogP contribution in [0.2, 0.25) is 0 Å². The Morgan fingerprint density at radius 1 is 1.12 bits per heavy atom. The molecule has 3 N–H and O–H groups in total. The zero-order valence-electron chi connectivity index (χ0n) is 13.8. The van der Waals surface area contributed by atoms with E-state index < -0.39 is 22.0 Å². The van der Waals surface area contributed by atoms with Crippen molar-refractivity contribution in [3.63, 3.8) is 0 Å². The quantitative estimate of drug-likeness (QED) is 0.573. The summed E-state index contributed by atoms with van der Waals surface area (Å²) in [6.07, 6.45) is 1.43. The monoisotopic (exact) mass is 360 g/mol. The SMILES string of the molecule is CCS(=O)(=O)NC1c2ccccc2CCc2cccc(C(=O)NO)c21. The van der Waals surface area contributed by atoms with E-state index >= 15 is 0 Å². The summed E-state index contributed by atoms with van der Waals surface area (Å²) >= 11 is 0. The van der Waals surface area contributed by atoms with Gasteiger partial charge in [0.15, 0.2) is 0 Å². The average molecular weight is 360 g/mol. The van der Waals surface area contributed by atoms with Crippen LogP contribution in [0.15, 0.2) is 42.5 Å². The van der Waals surface area contributed by atoms with Crippen LogP contribution in [0, 0.1) is 0 Å². The Morgan fingerprint density at radius 2 is 1.80 bits per heavy atom. The highest BCUT2D eigenvalue weighted by Crippen LogP contribution is 2.35. The molecular formula is C18H20N2O4S. The molecule has 1 aliphatic rings. The van der Waals surface area contributed by atoms with Gasteiger partial charge in [0.25, 0.3) is 5.91 Å². The zero-order valence-corrected chi connectivity index (χ0v) is 14.6. The van der Waals surface area contributed by atoms with Gasteiger partial charge in [0.1, 0.15) is 0 Å². The van der Waals surface area contributed by atoms with Crippen LogP contribution in [0.1, 0.15) is 45.6 Å². The lowest BCUT2D eigenvalue weighted by Crippen LogP contribution is -2.33. The molecule has 0 saturated carbocycles. The molecule has 0 spiro atoms. The third kappa shape index (κ3) is 3.44. The molecule has 0 radical (unpaired) electrons. The van der Waals surface area contributed by atoms with E-state index in [-0.39, 0.29) is 11.3 Å². The second kappa shape index (κ2) is 6.95. The molecule has 1 atom stereocenters. The Morgan fingerprint density at radius 3 is 2.52 bits per heavy atom. The molecule has 1 aliphatic carbocycles. The average Bonchev–Trinajstić information content (AvgIpc) is 2.78. The summed E-state index contributed by atoms with van der Waals surface area (Å²) in [5.74, 6) is -0.716. The highest BCUT2D eigenvalue weighted by Gasteiger charge is 2.30. The lowest BCUT2D eigenvalue weighted by Gasteiger charge is -2.23. The maximum atomic E-state index is 12.3. The zero-order chi connectivity index (χ0) is 18.0. The fourth-order valence-corrected chi connectivity index (χ4v) is 4.05. The maximum absolute atomic E-state index is 12.3. The van der Waals surface area contributed by atoms with Gasteiger partial charge in [0, 0.05) is 5.56 Å². The summed E-state index contributed by atoms with van der Waals surface area (Å²) in [7, 11) is -3.51. The van der Waals surface area contributed by atoms with Crippen LogP contribution in [-0.2, 0) is 22.9 Å². The number of carbonyl (C=O) groups excluding carboxylic acids is 1. The molecule has 1 unspecified atom stereocenters. The number of sulfonamides is 1. The minimum Gasteiger partial charge on any atom is -0.288 e. The van der Waals surface area contributed by atoms with Crippen molar-refractivity contribution in [2.45, 2.75) is 25.8 Å². The molecule has 2 aromatic rings. The number of benzene rings is 2. The molecule has 25 heavy (non-hydrogen) atoms. The molecule has 2 aromatic carbocycles. The topological polar surface area (TPSA) is 95.5 Å². The number of hydrogen-bond donors (Lipinski definition) is 3. The second-order valence-corrected chi connectivity index (χ2v) is 8.01. The molecular weight excluding hydrogens is 340 g/mol. The van der Waals surface area contributed by atoms with Gasteiger partial charge in [0.05, 0.1) is 11.8 Å². The number of hydroxylamine groups is 1. The van der Waals surface area contributed by atoms with Crippen LogP contribution in [0.25, 0.3) is 0 Å². The normalized spacial score (nSPS) is 16.5. The molecule has 0 aromatic heterocycles. The minimum absolute atomic E-state index is 0.0602. The summed E-state index contributed by atoms with van der Waals surface area (Å²) in [4.78, 5) is 12.2. The molecule has 0 saturated heterocycles. The lowest BCUT2D eigenvalue weighted by molar-refractivity contribution is 0.0704. The van der Waals surface area contributed by atoms with Crippen LogP contribution < -0.4 is 10.2 Å². The number of rotatable bonds is 4. The first-order valence-electron chi connectivity index (χ1n) is 8.11. The second-order valence-electron chi connectivity index (χ2n) is 5.97. The van der Waals surface area contributed by atoms with E-state index in [1.807, 2.05) is 30.3 Å². The van der Waals surface area contributed by atoms with Crippen molar-refractivity contribution in [2.24, 2.45) is 0 Å². The van der Waals surface area contributed by atoms with Gasteiger partial charge in [0.2, 0.25) is 10.0 Å². The number of fused-ring (bicyclic) bond motifs is 2. The van der Waals surface area contributed by atoms with Crippen molar-refractivity contribution in [2.75, 3.05) is 5.75 Å². The summed E-state index contributed by atoms with van der Waals surface area (Å²) in [5.41, 5.74) is 5.27. The van der Waals surface area contributed by atoms with Crippen molar-refractivity contribution in [3.8, 4) is 0 Å². The van der Waals surface area contributed by atoms with Gasteiger partial charge in [-0.1, -0.05) is 36.4 Å². The van der Waals surface area contributed by atoms with Crippen LogP contribution in [0.4, 0.5) is 0 Å². The van der Waals surface area contributed by atoms with E-state index in [1.54, 1.807) is 24.5 Å². The highest BCUT2D eigenvalue weighted by atomic mass is 32.2. The van der Waals surface area contributed by atoms with Crippen LogP contribution in [0.3, 0.4) is 0 Å². The fourth-order valence-electron chi connectivity index (χ4n) is 3.28. The summed E-state index contributed by atoms with van der Waals surface area (Å²) < 4.78 is 27.3. The Balaban J connectivity index is 2.26. The van der Waals surface area contributed by atoms with E-state index in [0.29, 0.717) is 12.0 Å². The molecule has 6 nitrogen and oxygen atoms in total. The largest absolute Gasteiger partial charge is 0.288 e. The lowest BCUT2D eigenvalue weighted by atomic mass is 9.91. The van der Waals surface area contributed by atoms with Gasteiger partial charge in [-0.25, -0.2) is 18.6 Å². The van der Waals surface area contributed by atoms with Gasteiger partial charge < -0.3 is 0 Å². The van der Waals surface area contributed by atoms with Crippen molar-refractivity contribution >= 4 is 15.9 Å². The molecule has 1 amide bonds. The standard InChI is InChI=1S/C18H20N2O4S/c1-2-25(23,24)20-17-14-8-4-3-6-12(14)10-11-13-7-5-9-15(16(13)17)18(21)19-22/h3-9,17,20,22H,2,10-11H2,1H3,(H,19,21). The van der Waals surface area contributed by atoms with E-state index in [4.69, 9.17) is 5.21 Å². The number of carbonyl (C=O) groups is 1. The van der Waals surface area contributed by atoms with Crippen molar-refractivity contribution in [3.05, 3.63) is 70.3 Å². The van der Waals surface area contributed by atoms with Crippen LogP contribution in [0.5, 0.6) is 0 Å².